The van der Waals surface area contributed by atoms with E-state index < -0.39 is 5.97 Å². The third kappa shape index (κ3) is 3.75. The Morgan fingerprint density at radius 2 is 1.88 bits per heavy atom. The van der Waals surface area contributed by atoms with Crippen molar-refractivity contribution in [1.82, 2.24) is 4.90 Å². The Morgan fingerprint density at radius 3 is 2.47 bits per heavy atom. The smallest absolute Gasteiger partial charge is 0.322 e. The van der Waals surface area contributed by atoms with Gasteiger partial charge in [-0.15, -0.1) is 0 Å². The largest absolute Gasteiger partial charge is 0.480 e. The summed E-state index contributed by atoms with van der Waals surface area (Å²) >= 11 is 0. The molecule has 0 radical (unpaired) electrons. The molecule has 1 aromatic rings. The SMILES string of the molecule is O=C(O)CNc1ccc(CN2CCCC2)cc1. The van der Waals surface area contributed by atoms with Crippen molar-refractivity contribution < 1.29 is 9.90 Å². The van der Waals surface area contributed by atoms with Crippen molar-refractivity contribution in [3.63, 3.8) is 0 Å². The first-order chi connectivity index (χ1) is 8.24. The number of aliphatic carboxylic acids is 1. The highest BCUT2D eigenvalue weighted by Crippen LogP contribution is 2.14. The molecule has 0 atom stereocenters. The number of carbonyl (C=O) groups is 1. The number of benzene rings is 1. The van der Waals surface area contributed by atoms with Crippen molar-refractivity contribution in [2.45, 2.75) is 19.4 Å². The van der Waals surface area contributed by atoms with Gasteiger partial charge in [-0.2, -0.15) is 0 Å². The molecule has 2 N–H and O–H groups in total. The van der Waals surface area contributed by atoms with Crippen LogP contribution in [0.15, 0.2) is 24.3 Å². The summed E-state index contributed by atoms with van der Waals surface area (Å²) < 4.78 is 0. The first-order valence-corrected chi connectivity index (χ1v) is 6.01. The van der Waals surface area contributed by atoms with Crippen molar-refractivity contribution in [3.05, 3.63) is 29.8 Å². The Kier molecular flexibility index (Phi) is 3.98. The van der Waals surface area contributed by atoms with Crippen LogP contribution < -0.4 is 5.32 Å². The van der Waals surface area contributed by atoms with Gasteiger partial charge in [0.05, 0.1) is 0 Å². The van der Waals surface area contributed by atoms with Crippen LogP contribution in [0, 0.1) is 0 Å². The summed E-state index contributed by atoms with van der Waals surface area (Å²) in [5, 5.41) is 11.4. The lowest BCUT2D eigenvalue weighted by atomic mass is 10.2. The van der Waals surface area contributed by atoms with Gasteiger partial charge in [-0.1, -0.05) is 12.1 Å². The summed E-state index contributed by atoms with van der Waals surface area (Å²) in [5.41, 5.74) is 2.14. The Hall–Kier alpha value is -1.55. The van der Waals surface area contributed by atoms with Gasteiger partial charge >= 0.3 is 5.97 Å². The van der Waals surface area contributed by atoms with Gasteiger partial charge < -0.3 is 10.4 Å². The topological polar surface area (TPSA) is 52.6 Å². The summed E-state index contributed by atoms with van der Waals surface area (Å²) in [6.45, 7) is 3.35. The van der Waals surface area contributed by atoms with E-state index in [9.17, 15) is 4.79 Å². The van der Waals surface area contributed by atoms with Crippen molar-refractivity contribution in [2.24, 2.45) is 0 Å². The van der Waals surface area contributed by atoms with E-state index in [1.807, 2.05) is 12.1 Å². The maximum Gasteiger partial charge on any atom is 0.322 e. The van der Waals surface area contributed by atoms with E-state index in [-0.39, 0.29) is 6.54 Å². The van der Waals surface area contributed by atoms with E-state index in [0.717, 1.165) is 12.2 Å². The minimum Gasteiger partial charge on any atom is -0.480 e. The molecular weight excluding hydrogens is 216 g/mol. The van der Waals surface area contributed by atoms with Crippen LogP contribution in [0.4, 0.5) is 5.69 Å². The highest BCUT2D eigenvalue weighted by atomic mass is 16.4. The van der Waals surface area contributed by atoms with Crippen LogP contribution >= 0.6 is 0 Å². The average Bonchev–Trinajstić information content (AvgIpc) is 2.81. The highest BCUT2D eigenvalue weighted by molar-refractivity contribution is 5.72. The fourth-order valence-electron chi connectivity index (χ4n) is 2.10. The monoisotopic (exact) mass is 234 g/mol. The summed E-state index contributed by atoms with van der Waals surface area (Å²) in [5.74, 6) is -0.842. The zero-order valence-electron chi connectivity index (χ0n) is 9.85. The van der Waals surface area contributed by atoms with E-state index in [4.69, 9.17) is 5.11 Å². The lowest BCUT2D eigenvalue weighted by Crippen LogP contribution is -2.18. The van der Waals surface area contributed by atoms with Crippen molar-refractivity contribution in [3.8, 4) is 0 Å². The lowest BCUT2D eigenvalue weighted by molar-refractivity contribution is -0.134. The van der Waals surface area contributed by atoms with Gasteiger partial charge in [0, 0.05) is 12.2 Å². The van der Waals surface area contributed by atoms with Crippen LogP contribution in [-0.4, -0.2) is 35.6 Å². The van der Waals surface area contributed by atoms with Crippen LogP contribution in [0.2, 0.25) is 0 Å². The van der Waals surface area contributed by atoms with Crippen LogP contribution in [0.25, 0.3) is 0 Å². The van der Waals surface area contributed by atoms with E-state index in [1.165, 1.54) is 31.5 Å². The number of nitrogens with zero attached hydrogens (tertiary/aromatic N) is 1. The molecule has 1 aliphatic rings. The number of nitrogens with one attached hydrogen (secondary N) is 1. The molecule has 1 aromatic carbocycles. The Morgan fingerprint density at radius 1 is 1.24 bits per heavy atom. The van der Waals surface area contributed by atoms with Gasteiger partial charge in [-0.05, 0) is 43.6 Å². The molecule has 4 heteroatoms. The molecule has 0 saturated carbocycles. The van der Waals surface area contributed by atoms with E-state index in [2.05, 4.69) is 22.3 Å². The molecule has 92 valence electrons. The number of carboxylic acid groups (broad SMARTS) is 1. The van der Waals surface area contributed by atoms with Crippen LogP contribution in [0.3, 0.4) is 0 Å². The summed E-state index contributed by atoms with van der Waals surface area (Å²) in [6.07, 6.45) is 2.61. The zero-order chi connectivity index (χ0) is 12.1. The first-order valence-electron chi connectivity index (χ1n) is 6.01. The molecule has 1 aliphatic heterocycles. The second-order valence-electron chi connectivity index (χ2n) is 4.43. The van der Waals surface area contributed by atoms with Crippen LogP contribution in [0.1, 0.15) is 18.4 Å². The molecule has 0 amide bonds. The number of rotatable bonds is 5. The third-order valence-corrected chi connectivity index (χ3v) is 3.00. The van der Waals surface area contributed by atoms with E-state index in [1.54, 1.807) is 0 Å². The summed E-state index contributed by atoms with van der Waals surface area (Å²) in [7, 11) is 0. The van der Waals surface area contributed by atoms with E-state index >= 15 is 0 Å². The second-order valence-corrected chi connectivity index (χ2v) is 4.43. The van der Waals surface area contributed by atoms with Crippen LogP contribution in [0.5, 0.6) is 0 Å². The maximum atomic E-state index is 10.4. The Labute approximate surface area is 101 Å². The lowest BCUT2D eigenvalue weighted by Gasteiger charge is -2.14. The quantitative estimate of drug-likeness (QED) is 0.815. The minimum absolute atomic E-state index is 0.0362. The van der Waals surface area contributed by atoms with Gasteiger partial charge in [0.1, 0.15) is 6.54 Å². The van der Waals surface area contributed by atoms with Crippen LogP contribution in [-0.2, 0) is 11.3 Å². The molecule has 1 heterocycles. The van der Waals surface area contributed by atoms with Gasteiger partial charge in [0.15, 0.2) is 0 Å². The third-order valence-electron chi connectivity index (χ3n) is 3.00. The molecule has 17 heavy (non-hydrogen) atoms. The number of hydrogen-bond donors (Lipinski definition) is 2. The molecule has 1 saturated heterocycles. The van der Waals surface area contributed by atoms with Crippen molar-refractivity contribution in [2.75, 3.05) is 25.0 Å². The molecule has 4 nitrogen and oxygen atoms in total. The Bertz CT molecular complexity index is 370. The number of hydrogen-bond acceptors (Lipinski definition) is 3. The van der Waals surface area contributed by atoms with Gasteiger partial charge in [0.25, 0.3) is 0 Å². The predicted molar refractivity (Wildman–Crippen MR) is 67.1 cm³/mol. The maximum absolute atomic E-state index is 10.4. The van der Waals surface area contributed by atoms with Gasteiger partial charge in [-0.3, -0.25) is 9.69 Å². The Balaban J connectivity index is 1.86. The number of anilines is 1. The van der Waals surface area contributed by atoms with E-state index in [0.29, 0.717) is 0 Å². The molecular formula is C13H18N2O2. The fraction of sp³-hybridized carbons (Fsp3) is 0.462. The summed E-state index contributed by atoms with van der Waals surface area (Å²) in [4.78, 5) is 12.8. The predicted octanol–water partition coefficient (Wildman–Crippen LogP) is 1.78. The van der Waals surface area contributed by atoms with Crippen molar-refractivity contribution >= 4 is 11.7 Å². The summed E-state index contributed by atoms with van der Waals surface area (Å²) in [6, 6.07) is 7.99. The fourth-order valence-corrected chi connectivity index (χ4v) is 2.10. The molecule has 1 fully saturated rings. The number of carboxylic acids is 1. The standard InChI is InChI=1S/C13H18N2O2/c16-13(17)9-14-12-5-3-11(4-6-12)10-15-7-1-2-8-15/h3-6,14H,1-2,7-10H2,(H,16,17). The highest BCUT2D eigenvalue weighted by Gasteiger charge is 2.11. The second kappa shape index (κ2) is 5.68. The first kappa shape index (κ1) is 11.9. The number of likely N-dealkylation sites (tertiary alicyclic amines) is 1. The molecule has 0 aromatic heterocycles. The molecule has 0 unspecified atom stereocenters. The molecule has 2 rings (SSSR count). The molecule has 0 bridgehead atoms. The normalized spacial score (nSPS) is 16.0. The average molecular weight is 234 g/mol. The molecule has 0 spiro atoms. The minimum atomic E-state index is -0.842. The van der Waals surface area contributed by atoms with Gasteiger partial charge in [-0.25, -0.2) is 0 Å². The molecule has 0 aliphatic carbocycles. The van der Waals surface area contributed by atoms with Crippen molar-refractivity contribution in [1.29, 1.82) is 0 Å². The zero-order valence-corrected chi connectivity index (χ0v) is 9.85. The van der Waals surface area contributed by atoms with Gasteiger partial charge in [0.2, 0.25) is 0 Å².